The normalized spacial score (nSPS) is 22.5. The number of ether oxygens (including phenoxy) is 1. The highest BCUT2D eigenvalue weighted by molar-refractivity contribution is 5.94. The van der Waals surface area contributed by atoms with Gasteiger partial charge in [0.05, 0.1) is 0 Å². The number of nitrogens with zero attached hydrogens (tertiary/aromatic N) is 1. The van der Waals surface area contributed by atoms with Crippen molar-refractivity contribution in [2.45, 2.75) is 13.0 Å². The maximum absolute atomic E-state index is 6.12. The summed E-state index contributed by atoms with van der Waals surface area (Å²) in [5, 5.41) is 0. The van der Waals surface area contributed by atoms with E-state index in [0.717, 1.165) is 18.0 Å². The second-order valence-corrected chi connectivity index (χ2v) is 4.94. The Kier molecular flexibility index (Phi) is 3.32. The van der Waals surface area contributed by atoms with E-state index in [1.165, 1.54) is 5.56 Å². The average molecular weight is 251 g/mol. The molecule has 3 rings (SSSR count). The zero-order valence-corrected chi connectivity index (χ0v) is 11.0. The maximum atomic E-state index is 6.12. The van der Waals surface area contributed by atoms with Crippen molar-refractivity contribution in [3.8, 4) is 0 Å². The van der Waals surface area contributed by atoms with E-state index in [0.29, 0.717) is 5.92 Å². The number of rotatable bonds is 2. The molecule has 1 aliphatic rings. The Balaban J connectivity index is 1.88. The molecule has 19 heavy (non-hydrogen) atoms. The van der Waals surface area contributed by atoms with Gasteiger partial charge in [0.2, 0.25) is 5.90 Å². The minimum Gasteiger partial charge on any atom is -0.469 e. The van der Waals surface area contributed by atoms with Crippen LogP contribution in [0.1, 0.15) is 24.2 Å². The van der Waals surface area contributed by atoms with Crippen LogP contribution in [0.25, 0.3) is 0 Å². The maximum Gasteiger partial charge on any atom is 0.216 e. The highest BCUT2D eigenvalue weighted by Gasteiger charge is 2.26. The van der Waals surface area contributed by atoms with Crippen molar-refractivity contribution in [2.24, 2.45) is 10.9 Å². The molecule has 2 atom stereocenters. The van der Waals surface area contributed by atoms with Crippen LogP contribution >= 0.6 is 0 Å². The zero-order valence-electron chi connectivity index (χ0n) is 11.0. The zero-order chi connectivity index (χ0) is 13.1. The predicted molar refractivity (Wildman–Crippen MR) is 77.3 cm³/mol. The van der Waals surface area contributed by atoms with E-state index < -0.39 is 0 Å². The quantitative estimate of drug-likeness (QED) is 0.794. The van der Waals surface area contributed by atoms with Gasteiger partial charge in [0.1, 0.15) is 6.10 Å². The summed E-state index contributed by atoms with van der Waals surface area (Å²) in [6.45, 7) is 2.99. The molecule has 2 aromatic rings. The third-order valence-corrected chi connectivity index (χ3v) is 3.43. The summed E-state index contributed by atoms with van der Waals surface area (Å²) in [4.78, 5) is 4.55. The standard InChI is InChI=1S/C17H17NO/c1-13-12-18-17(15-10-6-3-7-11-15)19-16(13)14-8-4-2-5-9-14/h2-11,13,16H,12H2,1H3. The van der Waals surface area contributed by atoms with Crippen molar-refractivity contribution in [2.75, 3.05) is 6.54 Å². The number of benzene rings is 2. The van der Waals surface area contributed by atoms with Crippen molar-refractivity contribution in [1.82, 2.24) is 0 Å². The van der Waals surface area contributed by atoms with Crippen LogP contribution in [0.2, 0.25) is 0 Å². The summed E-state index contributed by atoms with van der Waals surface area (Å²) in [5.41, 5.74) is 2.27. The van der Waals surface area contributed by atoms with Gasteiger partial charge in [-0.3, -0.25) is 4.99 Å². The van der Waals surface area contributed by atoms with Gasteiger partial charge in [-0.2, -0.15) is 0 Å². The van der Waals surface area contributed by atoms with Crippen LogP contribution in [0.5, 0.6) is 0 Å². The van der Waals surface area contributed by atoms with E-state index in [1.807, 2.05) is 36.4 Å². The fourth-order valence-electron chi connectivity index (χ4n) is 2.38. The largest absolute Gasteiger partial charge is 0.469 e. The summed E-state index contributed by atoms with van der Waals surface area (Å²) in [6.07, 6.45) is 0.0916. The van der Waals surface area contributed by atoms with Crippen LogP contribution in [-0.2, 0) is 4.74 Å². The summed E-state index contributed by atoms with van der Waals surface area (Å²) >= 11 is 0. The molecule has 0 N–H and O–H groups in total. The molecule has 0 saturated heterocycles. The van der Waals surface area contributed by atoms with Crippen LogP contribution in [0.3, 0.4) is 0 Å². The van der Waals surface area contributed by atoms with Gasteiger partial charge in [-0.15, -0.1) is 0 Å². The highest BCUT2D eigenvalue weighted by atomic mass is 16.5. The number of hydrogen-bond donors (Lipinski definition) is 0. The van der Waals surface area contributed by atoms with Gasteiger partial charge in [-0.25, -0.2) is 0 Å². The van der Waals surface area contributed by atoms with Crippen LogP contribution in [-0.4, -0.2) is 12.4 Å². The lowest BCUT2D eigenvalue weighted by Gasteiger charge is -2.29. The Hall–Kier alpha value is -2.09. The number of hydrogen-bond acceptors (Lipinski definition) is 2. The van der Waals surface area contributed by atoms with Crippen molar-refractivity contribution < 1.29 is 4.74 Å². The summed E-state index contributed by atoms with van der Waals surface area (Å²) in [5.74, 6) is 1.16. The predicted octanol–water partition coefficient (Wildman–Crippen LogP) is 3.84. The highest BCUT2D eigenvalue weighted by Crippen LogP contribution is 2.30. The Morgan fingerprint density at radius 1 is 0.947 bits per heavy atom. The summed E-state index contributed by atoms with van der Waals surface area (Å²) in [7, 11) is 0. The van der Waals surface area contributed by atoms with Crippen LogP contribution in [0.15, 0.2) is 65.7 Å². The van der Waals surface area contributed by atoms with Crippen LogP contribution in [0.4, 0.5) is 0 Å². The molecule has 2 heteroatoms. The molecule has 2 aromatic carbocycles. The van der Waals surface area contributed by atoms with Gasteiger partial charge in [-0.05, 0) is 17.7 Å². The van der Waals surface area contributed by atoms with Crippen molar-refractivity contribution >= 4 is 5.90 Å². The molecule has 1 aliphatic heterocycles. The van der Waals surface area contributed by atoms with Gasteiger partial charge < -0.3 is 4.74 Å². The minimum atomic E-state index is 0.0916. The molecule has 0 radical (unpaired) electrons. The van der Waals surface area contributed by atoms with Gasteiger partial charge >= 0.3 is 0 Å². The van der Waals surface area contributed by atoms with E-state index in [4.69, 9.17) is 4.74 Å². The third kappa shape index (κ3) is 2.53. The molecule has 0 aromatic heterocycles. The first-order valence-corrected chi connectivity index (χ1v) is 6.66. The lowest BCUT2D eigenvalue weighted by Crippen LogP contribution is -2.26. The minimum absolute atomic E-state index is 0.0916. The van der Waals surface area contributed by atoms with Crippen LogP contribution in [0, 0.1) is 5.92 Å². The van der Waals surface area contributed by atoms with Crippen molar-refractivity contribution in [3.05, 3.63) is 71.8 Å². The van der Waals surface area contributed by atoms with E-state index in [2.05, 4.69) is 36.2 Å². The van der Waals surface area contributed by atoms with Crippen molar-refractivity contribution in [3.63, 3.8) is 0 Å². The Labute approximate surface area is 113 Å². The third-order valence-electron chi connectivity index (χ3n) is 3.43. The summed E-state index contributed by atoms with van der Waals surface area (Å²) < 4.78 is 6.12. The van der Waals surface area contributed by atoms with E-state index in [1.54, 1.807) is 0 Å². The topological polar surface area (TPSA) is 21.6 Å². The van der Waals surface area contributed by atoms with E-state index >= 15 is 0 Å². The molecule has 2 unspecified atom stereocenters. The average Bonchev–Trinajstić information content (AvgIpc) is 2.49. The molecular formula is C17H17NO. The molecule has 96 valence electrons. The van der Waals surface area contributed by atoms with Crippen molar-refractivity contribution in [1.29, 1.82) is 0 Å². The van der Waals surface area contributed by atoms with E-state index in [-0.39, 0.29) is 6.10 Å². The SMILES string of the molecule is CC1CN=C(c2ccccc2)OC1c1ccccc1. The molecule has 0 saturated carbocycles. The second kappa shape index (κ2) is 5.27. The first kappa shape index (κ1) is 12.0. The van der Waals surface area contributed by atoms with Gasteiger partial charge in [0.25, 0.3) is 0 Å². The Morgan fingerprint density at radius 2 is 1.58 bits per heavy atom. The number of aliphatic imine (C=N–C) groups is 1. The lowest BCUT2D eigenvalue weighted by molar-refractivity contribution is 0.120. The Bertz CT molecular complexity index is 562. The molecule has 0 aliphatic carbocycles. The van der Waals surface area contributed by atoms with Gasteiger partial charge in [0.15, 0.2) is 0 Å². The monoisotopic (exact) mass is 251 g/mol. The molecule has 0 bridgehead atoms. The molecule has 0 amide bonds. The lowest BCUT2D eigenvalue weighted by atomic mass is 9.96. The first-order valence-electron chi connectivity index (χ1n) is 6.66. The fourth-order valence-corrected chi connectivity index (χ4v) is 2.38. The molecule has 2 nitrogen and oxygen atoms in total. The second-order valence-electron chi connectivity index (χ2n) is 4.94. The molecular weight excluding hydrogens is 234 g/mol. The van der Waals surface area contributed by atoms with Gasteiger partial charge in [-0.1, -0.05) is 55.5 Å². The Morgan fingerprint density at radius 3 is 2.26 bits per heavy atom. The first-order chi connectivity index (χ1) is 9.34. The van der Waals surface area contributed by atoms with E-state index in [9.17, 15) is 0 Å². The summed E-state index contributed by atoms with van der Waals surface area (Å²) in [6, 6.07) is 20.5. The van der Waals surface area contributed by atoms with Gasteiger partial charge in [0, 0.05) is 18.0 Å². The molecule has 0 spiro atoms. The molecule has 1 heterocycles. The smallest absolute Gasteiger partial charge is 0.216 e. The van der Waals surface area contributed by atoms with Crippen LogP contribution < -0.4 is 0 Å². The molecule has 0 fully saturated rings. The fraction of sp³-hybridized carbons (Fsp3) is 0.235.